The molecule has 1 heterocycles. The average Bonchev–Trinajstić information content (AvgIpc) is 2.90. The first-order chi connectivity index (χ1) is 9.16. The van der Waals surface area contributed by atoms with Gasteiger partial charge in [0.15, 0.2) is 0 Å². The Kier molecular flexibility index (Phi) is 4.82. The fourth-order valence-electron chi connectivity index (χ4n) is 1.64. The van der Waals surface area contributed by atoms with Gasteiger partial charge >= 0.3 is 0 Å². The van der Waals surface area contributed by atoms with Gasteiger partial charge in [-0.2, -0.15) is 5.10 Å². The van der Waals surface area contributed by atoms with Gasteiger partial charge in [-0.1, -0.05) is 23.2 Å². The van der Waals surface area contributed by atoms with E-state index in [9.17, 15) is 4.79 Å². The van der Waals surface area contributed by atoms with E-state index in [0.29, 0.717) is 22.2 Å². The van der Waals surface area contributed by atoms with Crippen LogP contribution in [0.25, 0.3) is 0 Å². The number of benzene rings is 1. The molecule has 100 valence electrons. The molecule has 6 heteroatoms. The fourth-order valence-corrected chi connectivity index (χ4v) is 2.02. The Morgan fingerprint density at radius 2 is 2.21 bits per heavy atom. The maximum Gasteiger partial charge on any atom is 0.252 e. The molecule has 19 heavy (non-hydrogen) atoms. The molecule has 1 N–H and O–H groups in total. The molecule has 0 atom stereocenters. The lowest BCUT2D eigenvalue weighted by Crippen LogP contribution is -2.25. The number of amides is 1. The summed E-state index contributed by atoms with van der Waals surface area (Å²) in [6.07, 6.45) is 4.41. The predicted octanol–water partition coefficient (Wildman–Crippen LogP) is 3.01. The second kappa shape index (κ2) is 6.59. The Labute approximate surface area is 121 Å². The van der Waals surface area contributed by atoms with Crippen LogP contribution in [0.5, 0.6) is 0 Å². The van der Waals surface area contributed by atoms with E-state index in [1.54, 1.807) is 24.4 Å². The number of carbonyl (C=O) groups excluding carboxylic acids is 1. The molecule has 2 rings (SSSR count). The second-order valence-electron chi connectivity index (χ2n) is 4.00. The van der Waals surface area contributed by atoms with Gasteiger partial charge in [0.25, 0.3) is 5.91 Å². The molecule has 0 unspecified atom stereocenters. The van der Waals surface area contributed by atoms with Crippen molar-refractivity contribution >= 4 is 29.1 Å². The van der Waals surface area contributed by atoms with Gasteiger partial charge in [0.2, 0.25) is 0 Å². The van der Waals surface area contributed by atoms with E-state index in [1.807, 2.05) is 16.9 Å². The normalized spacial score (nSPS) is 10.4. The molecule has 1 aromatic carbocycles. The molecule has 1 amide bonds. The molecule has 0 radical (unpaired) electrons. The van der Waals surface area contributed by atoms with Gasteiger partial charge in [0.1, 0.15) is 0 Å². The summed E-state index contributed by atoms with van der Waals surface area (Å²) in [7, 11) is 0. The number of rotatable bonds is 5. The summed E-state index contributed by atoms with van der Waals surface area (Å²) in [5.41, 5.74) is 0.397. The van der Waals surface area contributed by atoms with Crippen molar-refractivity contribution in [3.8, 4) is 0 Å². The number of halogens is 2. The third-order valence-corrected chi connectivity index (χ3v) is 3.15. The Balaban J connectivity index is 1.82. The minimum Gasteiger partial charge on any atom is -0.352 e. The van der Waals surface area contributed by atoms with Crippen molar-refractivity contribution in [2.75, 3.05) is 6.54 Å². The first kappa shape index (κ1) is 13.9. The highest BCUT2D eigenvalue weighted by Gasteiger charge is 2.10. The Hall–Kier alpha value is -1.52. The van der Waals surface area contributed by atoms with Crippen LogP contribution in [0, 0.1) is 0 Å². The summed E-state index contributed by atoms with van der Waals surface area (Å²) >= 11 is 11.8. The summed E-state index contributed by atoms with van der Waals surface area (Å²) in [4.78, 5) is 11.9. The summed E-state index contributed by atoms with van der Waals surface area (Å²) in [5.74, 6) is -0.215. The van der Waals surface area contributed by atoms with E-state index < -0.39 is 0 Å². The molecular formula is C13H13Cl2N3O. The fraction of sp³-hybridized carbons (Fsp3) is 0.231. The average molecular weight is 298 g/mol. The van der Waals surface area contributed by atoms with Crippen LogP contribution in [0.2, 0.25) is 10.0 Å². The van der Waals surface area contributed by atoms with Crippen molar-refractivity contribution < 1.29 is 4.79 Å². The van der Waals surface area contributed by atoms with Gasteiger partial charge in [-0.15, -0.1) is 0 Å². The van der Waals surface area contributed by atoms with E-state index in [-0.39, 0.29) is 5.91 Å². The topological polar surface area (TPSA) is 46.9 Å². The zero-order valence-corrected chi connectivity index (χ0v) is 11.7. The molecule has 0 aliphatic rings. The van der Waals surface area contributed by atoms with Crippen molar-refractivity contribution in [1.29, 1.82) is 0 Å². The van der Waals surface area contributed by atoms with Crippen LogP contribution < -0.4 is 5.32 Å². The number of nitrogens with zero attached hydrogens (tertiary/aromatic N) is 2. The Morgan fingerprint density at radius 3 is 2.95 bits per heavy atom. The van der Waals surface area contributed by atoms with Gasteiger partial charge < -0.3 is 5.32 Å². The van der Waals surface area contributed by atoms with E-state index in [1.165, 1.54) is 0 Å². The minimum absolute atomic E-state index is 0.215. The minimum atomic E-state index is -0.215. The smallest absolute Gasteiger partial charge is 0.252 e. The first-order valence-corrected chi connectivity index (χ1v) is 6.63. The van der Waals surface area contributed by atoms with Gasteiger partial charge in [-0.05, 0) is 30.7 Å². The monoisotopic (exact) mass is 297 g/mol. The van der Waals surface area contributed by atoms with Gasteiger partial charge in [0, 0.05) is 30.5 Å². The molecule has 0 fully saturated rings. The maximum atomic E-state index is 11.9. The van der Waals surface area contributed by atoms with E-state index >= 15 is 0 Å². The molecule has 0 aliphatic heterocycles. The molecule has 0 aliphatic carbocycles. The van der Waals surface area contributed by atoms with Crippen LogP contribution in [0.3, 0.4) is 0 Å². The molecule has 0 saturated carbocycles. The molecule has 2 aromatic rings. The van der Waals surface area contributed by atoms with Crippen molar-refractivity contribution in [1.82, 2.24) is 15.1 Å². The number of hydrogen-bond donors (Lipinski definition) is 1. The zero-order valence-electron chi connectivity index (χ0n) is 10.1. The lowest BCUT2D eigenvalue weighted by atomic mass is 10.2. The molecule has 4 nitrogen and oxygen atoms in total. The number of nitrogens with one attached hydrogen (secondary N) is 1. The van der Waals surface area contributed by atoms with E-state index in [4.69, 9.17) is 23.2 Å². The standard InChI is InChI=1S/C13H13Cl2N3O/c14-10-3-4-12(15)11(9-10)13(19)16-5-1-7-18-8-2-6-17-18/h2-4,6,8-9H,1,5,7H2,(H,16,19). The Bertz CT molecular complexity index is 555. The summed E-state index contributed by atoms with van der Waals surface area (Å²) in [6.45, 7) is 1.32. The first-order valence-electron chi connectivity index (χ1n) is 5.87. The number of hydrogen-bond acceptors (Lipinski definition) is 2. The van der Waals surface area contributed by atoms with Crippen molar-refractivity contribution in [3.05, 3.63) is 52.3 Å². The number of carbonyl (C=O) groups is 1. The lowest BCUT2D eigenvalue weighted by Gasteiger charge is -2.07. The second-order valence-corrected chi connectivity index (χ2v) is 4.85. The highest BCUT2D eigenvalue weighted by Crippen LogP contribution is 2.20. The Morgan fingerprint density at radius 1 is 1.37 bits per heavy atom. The largest absolute Gasteiger partial charge is 0.352 e. The molecular weight excluding hydrogens is 285 g/mol. The predicted molar refractivity (Wildman–Crippen MR) is 75.6 cm³/mol. The lowest BCUT2D eigenvalue weighted by molar-refractivity contribution is 0.0952. The molecule has 0 saturated heterocycles. The summed E-state index contributed by atoms with van der Waals surface area (Å²) in [6, 6.07) is 6.69. The highest BCUT2D eigenvalue weighted by atomic mass is 35.5. The van der Waals surface area contributed by atoms with E-state index in [0.717, 1.165) is 13.0 Å². The molecule has 0 bridgehead atoms. The quantitative estimate of drug-likeness (QED) is 0.863. The SMILES string of the molecule is O=C(NCCCn1cccn1)c1cc(Cl)ccc1Cl. The van der Waals surface area contributed by atoms with Crippen LogP contribution in [0.1, 0.15) is 16.8 Å². The van der Waals surface area contributed by atoms with Crippen LogP contribution in [-0.4, -0.2) is 22.2 Å². The summed E-state index contributed by atoms with van der Waals surface area (Å²) in [5, 5.41) is 7.78. The van der Waals surface area contributed by atoms with Crippen LogP contribution in [0.4, 0.5) is 0 Å². The van der Waals surface area contributed by atoms with Gasteiger partial charge in [-0.25, -0.2) is 0 Å². The number of aryl methyl sites for hydroxylation is 1. The molecule has 1 aromatic heterocycles. The third kappa shape index (κ3) is 3.98. The van der Waals surface area contributed by atoms with Crippen molar-refractivity contribution in [2.45, 2.75) is 13.0 Å². The van der Waals surface area contributed by atoms with Crippen LogP contribution in [0.15, 0.2) is 36.7 Å². The van der Waals surface area contributed by atoms with Crippen LogP contribution in [-0.2, 0) is 6.54 Å². The van der Waals surface area contributed by atoms with E-state index in [2.05, 4.69) is 10.4 Å². The van der Waals surface area contributed by atoms with Crippen molar-refractivity contribution in [2.24, 2.45) is 0 Å². The molecule has 0 spiro atoms. The van der Waals surface area contributed by atoms with Gasteiger partial charge in [-0.3, -0.25) is 9.48 Å². The van der Waals surface area contributed by atoms with Gasteiger partial charge in [0.05, 0.1) is 10.6 Å². The van der Waals surface area contributed by atoms with Crippen molar-refractivity contribution in [3.63, 3.8) is 0 Å². The highest BCUT2D eigenvalue weighted by molar-refractivity contribution is 6.35. The maximum absolute atomic E-state index is 11.9. The summed E-state index contributed by atoms with van der Waals surface area (Å²) < 4.78 is 1.82. The number of aromatic nitrogens is 2. The zero-order chi connectivity index (χ0) is 13.7. The third-order valence-electron chi connectivity index (χ3n) is 2.58. The van der Waals surface area contributed by atoms with Crippen LogP contribution >= 0.6 is 23.2 Å².